The summed E-state index contributed by atoms with van der Waals surface area (Å²) in [5.74, 6) is 3.33. The topological polar surface area (TPSA) is 117 Å². The Morgan fingerprint density at radius 1 is 0.902 bits per heavy atom. The number of rotatable bonds is 18. The Morgan fingerprint density at radius 3 is 1.96 bits per heavy atom. The van der Waals surface area contributed by atoms with Gasteiger partial charge in [-0.2, -0.15) is 0 Å². The van der Waals surface area contributed by atoms with E-state index >= 15 is 0 Å². The van der Waals surface area contributed by atoms with E-state index in [0.29, 0.717) is 41.6 Å². The second kappa shape index (κ2) is 26.1. The number of Topliss-reactive ketones (excluding diaryl/α,β-unsaturated/α-hetero) is 1. The summed E-state index contributed by atoms with van der Waals surface area (Å²) in [7, 11) is 0. The third kappa shape index (κ3) is 17.1. The summed E-state index contributed by atoms with van der Waals surface area (Å²) in [6.45, 7) is 34.5. The molecule has 51 heavy (non-hydrogen) atoms. The molecule has 4 aliphatic rings. The Labute approximate surface area is 314 Å². The van der Waals surface area contributed by atoms with Crippen molar-refractivity contribution in [3.05, 3.63) is 36.8 Å². The molecule has 0 radical (unpaired) electrons. The van der Waals surface area contributed by atoms with Crippen molar-refractivity contribution >= 4 is 18.1 Å². The highest BCUT2D eigenvalue weighted by atomic mass is 16.1. The van der Waals surface area contributed by atoms with Crippen molar-refractivity contribution in [2.24, 2.45) is 34.8 Å². The summed E-state index contributed by atoms with van der Waals surface area (Å²) in [5, 5.41) is 10.4. The first-order valence-electron chi connectivity index (χ1n) is 20.7. The Kier molecular flexibility index (Phi) is 24.6. The molecule has 0 aromatic heterocycles. The predicted molar refractivity (Wildman–Crippen MR) is 218 cm³/mol. The third-order valence-electron chi connectivity index (χ3n) is 10.6. The van der Waals surface area contributed by atoms with Crippen LogP contribution in [-0.4, -0.2) is 54.2 Å². The van der Waals surface area contributed by atoms with Gasteiger partial charge in [-0.15, -0.1) is 0 Å². The number of amides is 2. The lowest BCUT2D eigenvalue weighted by Crippen LogP contribution is -2.45. The van der Waals surface area contributed by atoms with Crippen molar-refractivity contribution in [3.8, 4) is 0 Å². The molecule has 5 atom stereocenters. The average Bonchev–Trinajstić information content (AvgIpc) is 3.72. The van der Waals surface area contributed by atoms with E-state index in [1.165, 1.54) is 51.4 Å². The SMILES string of the molecule is C=C(C(N)=O)C(CC1CCC1)NC(=C)C1[C@H]2CC[C@H]2CN1C=O.C=C(NCC(C)(C)C)NC(CCCC(=O)CC)C1CCCC1.CC.CC.CC. The lowest BCUT2D eigenvalue weighted by Gasteiger charge is -2.37. The predicted octanol–water partition coefficient (Wildman–Crippen LogP) is 9.03. The first-order chi connectivity index (χ1) is 24.3. The van der Waals surface area contributed by atoms with Gasteiger partial charge in [-0.25, -0.2) is 0 Å². The van der Waals surface area contributed by atoms with E-state index in [2.05, 4.69) is 56.5 Å². The lowest BCUT2D eigenvalue weighted by molar-refractivity contribution is -0.119. The average molecular weight is 716 g/mol. The molecule has 8 nitrogen and oxygen atoms in total. The normalized spacial score (nSPS) is 21.6. The van der Waals surface area contributed by atoms with Gasteiger partial charge >= 0.3 is 0 Å². The number of primary amides is 1. The molecule has 296 valence electrons. The van der Waals surface area contributed by atoms with Gasteiger partial charge in [0.25, 0.3) is 0 Å². The van der Waals surface area contributed by atoms with Gasteiger partial charge in [-0.1, -0.05) is 121 Å². The molecule has 0 aromatic carbocycles. The molecular weight excluding hydrogens is 635 g/mol. The van der Waals surface area contributed by atoms with Crippen molar-refractivity contribution < 1.29 is 14.4 Å². The molecule has 1 aliphatic heterocycles. The maximum atomic E-state index is 11.6. The van der Waals surface area contributed by atoms with Crippen LogP contribution in [0.5, 0.6) is 0 Å². The van der Waals surface area contributed by atoms with Crippen molar-refractivity contribution in [1.82, 2.24) is 20.9 Å². The van der Waals surface area contributed by atoms with Crippen LogP contribution in [0.4, 0.5) is 0 Å². The standard InChI is InChI=1S/C19H36N2O.C18H27N3O2.3C2H6/c1-6-17(22)12-9-13-18(16-10-7-8-11-16)21-15(2)20-14-19(3,4)5;1-11(18(19)23)16(8-13-4-3-5-13)20-12(2)17-15-7-6-14(15)9-21(17)10-22;3*1-2/h16,18,20-21H,2,6-14H2,1,3-5H3;10,13-17,20H,1-9H2,(H2,19,23);3*1-2H3/t;14-,15-,16?,17?;;;/m.0.../s1. The largest absolute Gasteiger partial charge is 0.380 e. The van der Waals surface area contributed by atoms with Crippen LogP contribution in [0.1, 0.15) is 159 Å². The Bertz CT molecular complexity index is 1040. The summed E-state index contributed by atoms with van der Waals surface area (Å²) >= 11 is 0. The van der Waals surface area contributed by atoms with E-state index in [1.807, 2.05) is 53.4 Å². The molecule has 1 saturated heterocycles. The summed E-state index contributed by atoms with van der Waals surface area (Å²) in [4.78, 5) is 36.3. The highest BCUT2D eigenvalue weighted by Crippen LogP contribution is 2.46. The zero-order valence-corrected chi connectivity index (χ0v) is 34.8. The number of ketones is 1. The van der Waals surface area contributed by atoms with Gasteiger partial charge in [0.15, 0.2) is 0 Å². The van der Waals surface area contributed by atoms with Gasteiger partial charge in [0, 0.05) is 43.2 Å². The van der Waals surface area contributed by atoms with Gasteiger partial charge in [-0.3, -0.25) is 14.4 Å². The van der Waals surface area contributed by atoms with E-state index < -0.39 is 5.91 Å². The second-order valence-corrected chi connectivity index (χ2v) is 15.4. The molecule has 8 heteroatoms. The molecule has 4 rings (SSSR count). The summed E-state index contributed by atoms with van der Waals surface area (Å²) < 4.78 is 0. The minimum Gasteiger partial charge on any atom is -0.380 e. The van der Waals surface area contributed by atoms with Crippen LogP contribution >= 0.6 is 0 Å². The molecule has 2 amide bonds. The molecule has 4 fully saturated rings. The van der Waals surface area contributed by atoms with Gasteiger partial charge in [-0.05, 0) is 74.0 Å². The van der Waals surface area contributed by atoms with Crippen LogP contribution in [0.2, 0.25) is 0 Å². The maximum absolute atomic E-state index is 11.6. The molecule has 5 N–H and O–H groups in total. The van der Waals surface area contributed by atoms with Gasteiger partial charge in [0.05, 0.1) is 17.9 Å². The van der Waals surface area contributed by atoms with E-state index in [0.717, 1.165) is 69.0 Å². The fourth-order valence-electron chi connectivity index (χ4n) is 7.39. The smallest absolute Gasteiger partial charge is 0.246 e. The zero-order chi connectivity index (χ0) is 39.1. The van der Waals surface area contributed by atoms with Gasteiger partial charge < -0.3 is 26.6 Å². The molecular formula is C43H81N5O3. The quantitative estimate of drug-likeness (QED) is 0.0832. The fourth-order valence-corrected chi connectivity index (χ4v) is 7.39. The molecule has 3 saturated carbocycles. The number of nitrogens with one attached hydrogen (secondary N) is 3. The molecule has 3 unspecified atom stereocenters. The van der Waals surface area contributed by atoms with Crippen LogP contribution in [-0.2, 0) is 14.4 Å². The number of likely N-dealkylation sites (tertiary alicyclic amines) is 1. The fraction of sp³-hybridized carbons (Fsp3) is 0.791. The minimum atomic E-state index is -0.463. The lowest BCUT2D eigenvalue weighted by atomic mass is 9.72. The van der Waals surface area contributed by atoms with Crippen LogP contribution in [0.25, 0.3) is 0 Å². The number of hydrogen-bond donors (Lipinski definition) is 4. The highest BCUT2D eigenvalue weighted by molar-refractivity contribution is 5.92. The maximum Gasteiger partial charge on any atom is 0.246 e. The van der Waals surface area contributed by atoms with Crippen molar-refractivity contribution in [3.63, 3.8) is 0 Å². The van der Waals surface area contributed by atoms with Crippen LogP contribution in [0.15, 0.2) is 36.8 Å². The second-order valence-electron chi connectivity index (χ2n) is 15.4. The monoisotopic (exact) mass is 716 g/mol. The Hall–Kier alpha value is -2.77. The molecule has 1 heterocycles. The zero-order valence-electron chi connectivity index (χ0n) is 34.8. The van der Waals surface area contributed by atoms with E-state index in [1.54, 1.807) is 0 Å². The van der Waals surface area contributed by atoms with E-state index in [-0.39, 0.29) is 17.5 Å². The third-order valence-corrected chi connectivity index (χ3v) is 10.6. The van der Waals surface area contributed by atoms with Crippen molar-refractivity contribution in [2.45, 2.75) is 177 Å². The van der Waals surface area contributed by atoms with Crippen molar-refractivity contribution in [2.75, 3.05) is 13.1 Å². The van der Waals surface area contributed by atoms with Crippen LogP contribution in [0, 0.1) is 29.1 Å². The molecule has 0 aromatic rings. The first kappa shape index (κ1) is 48.2. The van der Waals surface area contributed by atoms with Crippen LogP contribution < -0.4 is 21.7 Å². The first-order valence-corrected chi connectivity index (χ1v) is 20.7. The van der Waals surface area contributed by atoms with E-state index in [4.69, 9.17) is 5.73 Å². The summed E-state index contributed by atoms with van der Waals surface area (Å²) in [6, 6.07) is 0.334. The van der Waals surface area contributed by atoms with E-state index in [9.17, 15) is 14.4 Å². The summed E-state index contributed by atoms with van der Waals surface area (Å²) in [5.41, 5.74) is 6.94. The molecule has 0 bridgehead atoms. The van der Waals surface area contributed by atoms with Crippen LogP contribution in [0.3, 0.4) is 0 Å². The minimum absolute atomic E-state index is 0.0378. The number of carbonyl (C=O) groups is 3. The number of carbonyl (C=O) groups excluding carboxylic acids is 3. The van der Waals surface area contributed by atoms with Crippen molar-refractivity contribution in [1.29, 1.82) is 0 Å². The number of nitrogens with two attached hydrogens (primary N) is 1. The molecule has 3 aliphatic carbocycles. The molecule has 0 spiro atoms. The van der Waals surface area contributed by atoms with Gasteiger partial charge in [0.2, 0.25) is 12.3 Å². The Balaban J connectivity index is 0.000000856. The highest BCUT2D eigenvalue weighted by Gasteiger charge is 2.48. The number of nitrogens with zero attached hydrogens (tertiary/aromatic N) is 1. The number of hydrogen-bond acceptors (Lipinski definition) is 6. The summed E-state index contributed by atoms with van der Waals surface area (Å²) in [6.07, 6.45) is 16.6. The Morgan fingerprint density at radius 2 is 1.51 bits per heavy atom. The van der Waals surface area contributed by atoms with Gasteiger partial charge in [0.1, 0.15) is 5.78 Å². The number of fused-ring (bicyclic) bond motifs is 1.